The largest absolute Gasteiger partial charge is 0.508 e. The number of rotatable bonds is 2. The highest BCUT2D eigenvalue weighted by Crippen LogP contribution is 2.34. The summed E-state index contributed by atoms with van der Waals surface area (Å²) in [4.78, 5) is 4.52. The second kappa shape index (κ2) is 5.21. The number of aromatic hydroxyl groups is 1. The van der Waals surface area contributed by atoms with Crippen LogP contribution in [0.5, 0.6) is 5.75 Å². The summed E-state index contributed by atoms with van der Waals surface area (Å²) in [6.07, 6.45) is 1.88. The van der Waals surface area contributed by atoms with Crippen LogP contribution in [0.4, 0.5) is 0 Å². The molecule has 0 spiro atoms. The third-order valence-corrected chi connectivity index (χ3v) is 3.87. The lowest BCUT2D eigenvalue weighted by Gasteiger charge is -2.14. The topological polar surface area (TPSA) is 33.1 Å². The van der Waals surface area contributed by atoms with Crippen molar-refractivity contribution in [3.63, 3.8) is 0 Å². The number of phenols is 1. The van der Waals surface area contributed by atoms with Gasteiger partial charge in [-0.25, -0.2) is 0 Å². The molecule has 0 aliphatic heterocycles. The van der Waals surface area contributed by atoms with E-state index in [1.165, 1.54) is 0 Å². The molecule has 1 N–H and O–H groups in total. The number of nitrogens with zero attached hydrogens (tertiary/aromatic N) is 1. The van der Waals surface area contributed by atoms with Crippen LogP contribution in [0, 0.1) is 6.92 Å². The first-order chi connectivity index (χ1) is 10.1. The number of fused-ring (bicyclic) bond motifs is 1. The molecule has 2 aromatic carbocycles. The van der Waals surface area contributed by atoms with Crippen molar-refractivity contribution in [1.29, 1.82) is 0 Å². The van der Waals surface area contributed by atoms with Gasteiger partial charge in [-0.1, -0.05) is 38.1 Å². The molecule has 3 rings (SSSR count). The Morgan fingerprint density at radius 1 is 1.00 bits per heavy atom. The predicted molar refractivity (Wildman–Crippen MR) is 87.7 cm³/mol. The average molecular weight is 277 g/mol. The van der Waals surface area contributed by atoms with Crippen LogP contribution in [0.3, 0.4) is 0 Å². The third-order valence-electron chi connectivity index (χ3n) is 3.87. The zero-order valence-electron chi connectivity index (χ0n) is 12.6. The highest BCUT2D eigenvalue weighted by molar-refractivity contribution is 5.85. The van der Waals surface area contributed by atoms with E-state index in [2.05, 4.69) is 43.1 Å². The molecule has 1 heterocycles. The summed E-state index contributed by atoms with van der Waals surface area (Å²) in [7, 11) is 0. The number of aryl methyl sites for hydroxylation is 1. The molecule has 0 atom stereocenters. The molecule has 0 saturated heterocycles. The molecule has 1 aromatic heterocycles. The van der Waals surface area contributed by atoms with E-state index in [9.17, 15) is 5.11 Å². The van der Waals surface area contributed by atoms with Crippen molar-refractivity contribution in [2.24, 2.45) is 0 Å². The molecule has 0 unspecified atom stereocenters. The number of hydrogen-bond donors (Lipinski definition) is 1. The summed E-state index contributed by atoms with van der Waals surface area (Å²) in [6, 6.07) is 14.2. The lowest BCUT2D eigenvalue weighted by molar-refractivity contribution is 0.464. The van der Waals surface area contributed by atoms with Gasteiger partial charge in [-0.2, -0.15) is 0 Å². The first-order valence-corrected chi connectivity index (χ1v) is 7.25. The number of hydrogen-bond acceptors (Lipinski definition) is 2. The molecule has 0 aliphatic rings. The Labute approximate surface area is 125 Å². The number of phenolic OH excluding ortho intramolecular Hbond substituents is 1. The maximum Gasteiger partial charge on any atom is 0.119 e. The molecular formula is C19H19NO. The van der Waals surface area contributed by atoms with E-state index in [0.717, 1.165) is 33.2 Å². The number of aromatic nitrogens is 1. The van der Waals surface area contributed by atoms with Gasteiger partial charge in [0.05, 0.1) is 5.69 Å². The quantitative estimate of drug-likeness (QED) is 0.712. The predicted octanol–water partition coefficient (Wildman–Crippen LogP) is 5.04. The second-order valence-corrected chi connectivity index (χ2v) is 5.80. The fourth-order valence-corrected chi connectivity index (χ4v) is 2.92. The standard InChI is InChI=1S/C19H19NO/c1-12(2)19-13(3)8-16(10-18(19)21)17-9-14-6-4-5-7-15(14)11-20-17/h4-12,21H,1-3H3. The van der Waals surface area contributed by atoms with Crippen LogP contribution in [0.1, 0.15) is 30.9 Å². The molecule has 0 amide bonds. The van der Waals surface area contributed by atoms with Gasteiger partial charge >= 0.3 is 0 Å². The Morgan fingerprint density at radius 3 is 2.38 bits per heavy atom. The molecule has 0 radical (unpaired) electrons. The summed E-state index contributed by atoms with van der Waals surface area (Å²) in [5.74, 6) is 0.665. The molecule has 21 heavy (non-hydrogen) atoms. The minimum absolute atomic E-state index is 0.309. The van der Waals surface area contributed by atoms with Crippen molar-refractivity contribution in [3.05, 3.63) is 59.8 Å². The second-order valence-electron chi connectivity index (χ2n) is 5.80. The van der Waals surface area contributed by atoms with Crippen LogP contribution in [0.15, 0.2) is 48.7 Å². The normalized spacial score (nSPS) is 11.2. The van der Waals surface area contributed by atoms with Crippen LogP contribution >= 0.6 is 0 Å². The number of pyridine rings is 1. The van der Waals surface area contributed by atoms with Crippen LogP contribution in [0.25, 0.3) is 22.0 Å². The van der Waals surface area contributed by atoms with Crippen molar-refractivity contribution < 1.29 is 5.11 Å². The van der Waals surface area contributed by atoms with E-state index in [4.69, 9.17) is 0 Å². The van der Waals surface area contributed by atoms with Crippen LogP contribution < -0.4 is 0 Å². The van der Waals surface area contributed by atoms with Crippen molar-refractivity contribution in [1.82, 2.24) is 4.98 Å². The van der Waals surface area contributed by atoms with Crippen LogP contribution in [-0.4, -0.2) is 10.1 Å². The van der Waals surface area contributed by atoms with Gasteiger partial charge in [0.15, 0.2) is 0 Å². The Hall–Kier alpha value is -2.35. The van der Waals surface area contributed by atoms with Crippen molar-refractivity contribution in [2.45, 2.75) is 26.7 Å². The summed E-state index contributed by atoms with van der Waals surface area (Å²) < 4.78 is 0. The van der Waals surface area contributed by atoms with E-state index >= 15 is 0 Å². The van der Waals surface area contributed by atoms with Gasteiger partial charge in [-0.15, -0.1) is 0 Å². The Balaban J connectivity index is 2.14. The molecular weight excluding hydrogens is 258 g/mol. The number of benzene rings is 2. The third kappa shape index (κ3) is 2.49. The van der Waals surface area contributed by atoms with E-state index < -0.39 is 0 Å². The summed E-state index contributed by atoms with van der Waals surface area (Å²) in [5, 5.41) is 12.6. The molecule has 0 aliphatic carbocycles. The van der Waals surface area contributed by atoms with E-state index in [1.807, 2.05) is 31.3 Å². The Morgan fingerprint density at radius 2 is 1.71 bits per heavy atom. The smallest absolute Gasteiger partial charge is 0.119 e. The van der Waals surface area contributed by atoms with Crippen molar-refractivity contribution in [2.75, 3.05) is 0 Å². The summed E-state index contributed by atoms with van der Waals surface area (Å²) >= 11 is 0. The Kier molecular flexibility index (Phi) is 3.38. The van der Waals surface area contributed by atoms with Crippen LogP contribution in [0.2, 0.25) is 0 Å². The molecule has 0 bridgehead atoms. The minimum Gasteiger partial charge on any atom is -0.508 e. The van der Waals surface area contributed by atoms with Gasteiger partial charge in [0.1, 0.15) is 5.75 Å². The van der Waals surface area contributed by atoms with Gasteiger partial charge in [0, 0.05) is 17.1 Å². The lowest BCUT2D eigenvalue weighted by atomic mass is 9.94. The molecule has 3 aromatic rings. The maximum atomic E-state index is 10.3. The molecule has 2 nitrogen and oxygen atoms in total. The van der Waals surface area contributed by atoms with Gasteiger partial charge in [0.25, 0.3) is 0 Å². The van der Waals surface area contributed by atoms with Crippen LogP contribution in [-0.2, 0) is 0 Å². The van der Waals surface area contributed by atoms with E-state index in [1.54, 1.807) is 0 Å². The minimum atomic E-state index is 0.309. The molecule has 0 saturated carbocycles. The van der Waals surface area contributed by atoms with Crippen molar-refractivity contribution >= 4 is 10.8 Å². The van der Waals surface area contributed by atoms with Gasteiger partial charge in [-0.3, -0.25) is 4.98 Å². The molecule has 0 fully saturated rings. The van der Waals surface area contributed by atoms with Gasteiger partial charge < -0.3 is 5.11 Å². The summed E-state index contributed by atoms with van der Waals surface area (Å²) in [5.41, 5.74) is 3.97. The maximum absolute atomic E-state index is 10.3. The molecule has 2 heteroatoms. The average Bonchev–Trinajstić information content (AvgIpc) is 2.45. The Bertz CT molecular complexity index is 783. The highest BCUT2D eigenvalue weighted by atomic mass is 16.3. The van der Waals surface area contributed by atoms with E-state index in [-0.39, 0.29) is 0 Å². The lowest BCUT2D eigenvalue weighted by Crippen LogP contribution is -1.94. The zero-order valence-corrected chi connectivity index (χ0v) is 12.6. The monoisotopic (exact) mass is 277 g/mol. The van der Waals surface area contributed by atoms with E-state index in [0.29, 0.717) is 11.7 Å². The first-order valence-electron chi connectivity index (χ1n) is 7.25. The van der Waals surface area contributed by atoms with Gasteiger partial charge in [-0.05, 0) is 47.6 Å². The molecule has 106 valence electrons. The van der Waals surface area contributed by atoms with Gasteiger partial charge in [0.2, 0.25) is 0 Å². The summed E-state index contributed by atoms with van der Waals surface area (Å²) in [6.45, 7) is 6.23. The fraction of sp³-hybridized carbons (Fsp3) is 0.211. The SMILES string of the molecule is Cc1cc(-c2cc3ccccc3cn2)cc(O)c1C(C)C. The van der Waals surface area contributed by atoms with Crippen molar-refractivity contribution in [3.8, 4) is 17.0 Å². The zero-order chi connectivity index (χ0) is 15.0. The highest BCUT2D eigenvalue weighted by Gasteiger charge is 2.12. The first kappa shape index (κ1) is 13.6. The fourth-order valence-electron chi connectivity index (χ4n) is 2.92.